The van der Waals surface area contributed by atoms with Gasteiger partial charge in [-0.25, -0.2) is 4.79 Å². The molecule has 2 bridgehead atoms. The highest BCUT2D eigenvalue weighted by Gasteiger charge is 2.51. The fourth-order valence-corrected chi connectivity index (χ4v) is 6.55. The third-order valence-corrected chi connectivity index (χ3v) is 8.71. The molecule has 36 heavy (non-hydrogen) atoms. The van der Waals surface area contributed by atoms with E-state index in [0.717, 1.165) is 56.3 Å². The van der Waals surface area contributed by atoms with E-state index in [-0.39, 0.29) is 6.10 Å². The maximum absolute atomic E-state index is 13.3. The lowest BCUT2D eigenvalue weighted by Gasteiger charge is -2.52. The molecule has 196 valence electrons. The van der Waals surface area contributed by atoms with Crippen molar-refractivity contribution in [3.8, 4) is 6.07 Å². The van der Waals surface area contributed by atoms with Crippen LogP contribution in [0.5, 0.6) is 0 Å². The Morgan fingerprint density at radius 2 is 1.69 bits per heavy atom. The van der Waals surface area contributed by atoms with Gasteiger partial charge in [-0.05, 0) is 35.7 Å². The van der Waals surface area contributed by atoms with Crippen LogP contribution in [0.4, 0.5) is 13.2 Å². The Kier molecular flexibility index (Phi) is 9.16. The average molecular weight is 545 g/mol. The molecule has 0 amide bonds. The van der Waals surface area contributed by atoms with Gasteiger partial charge < -0.3 is 24.2 Å². The zero-order chi connectivity index (χ0) is 26.4. The van der Waals surface area contributed by atoms with E-state index in [4.69, 9.17) is 19.9 Å². The standard InChI is InChI=1S/C22H27N2O3S2.C2HF3O2/c23-10-2-1-3-11-24-12-8-17(9-13-24)18(16-24)27-21(25)22(26,19-6-4-14-28-19)20-7-5-15-29-20;3-2(4,5)1(6)7/h4-7,14-15,17-18,26H,1-3,8-9,11-13,16H2;(H,6,7)/q+1;/p-1/t17?,18-,24?;/m0./s1. The van der Waals surface area contributed by atoms with E-state index >= 15 is 0 Å². The SMILES string of the molecule is N#CCCCC[N+]12CCC(CC1)[C@@H](OC(=O)C(O)(c1cccs1)c1cccs1)C2.O=C([O-])C(F)(F)F. The van der Waals surface area contributed by atoms with Crippen LogP contribution in [-0.2, 0) is 19.9 Å². The number of ether oxygens (including phenoxy) is 1. The zero-order valence-electron chi connectivity index (χ0n) is 19.4. The Bertz CT molecular complexity index is 1010. The Balaban J connectivity index is 0.000000454. The number of aliphatic hydroxyl groups is 1. The second kappa shape index (κ2) is 11.7. The Hall–Kier alpha value is -2.46. The molecule has 1 N–H and O–H groups in total. The van der Waals surface area contributed by atoms with Crippen LogP contribution < -0.4 is 5.11 Å². The number of aliphatic carboxylic acids is 1. The van der Waals surface area contributed by atoms with Gasteiger partial charge in [0.2, 0.25) is 5.60 Å². The molecule has 3 aliphatic heterocycles. The first kappa shape index (κ1) is 28.1. The zero-order valence-corrected chi connectivity index (χ0v) is 21.0. The molecule has 3 saturated heterocycles. The van der Waals surface area contributed by atoms with Crippen LogP contribution in [0.3, 0.4) is 0 Å². The fraction of sp³-hybridized carbons (Fsp3) is 0.542. The molecular formula is C24H27F3N2O5S2. The summed E-state index contributed by atoms with van der Waals surface area (Å²) < 4.78 is 38.6. The minimum atomic E-state index is -5.19. The van der Waals surface area contributed by atoms with Crippen LogP contribution >= 0.6 is 22.7 Å². The van der Waals surface area contributed by atoms with Crippen molar-refractivity contribution in [3.05, 3.63) is 44.8 Å². The van der Waals surface area contributed by atoms with Crippen LogP contribution in [0.25, 0.3) is 0 Å². The number of alkyl halides is 3. The second-order valence-electron chi connectivity index (χ2n) is 9.04. The first-order chi connectivity index (χ1) is 17.0. The van der Waals surface area contributed by atoms with E-state index in [9.17, 15) is 23.1 Å². The number of carbonyl (C=O) groups is 2. The summed E-state index contributed by atoms with van der Waals surface area (Å²) in [5.41, 5.74) is -1.73. The number of carbonyl (C=O) groups excluding carboxylic acids is 2. The minimum Gasteiger partial charge on any atom is -0.542 e. The number of fused-ring (bicyclic) bond motifs is 3. The van der Waals surface area contributed by atoms with E-state index in [1.807, 2.05) is 22.9 Å². The van der Waals surface area contributed by atoms with Gasteiger partial charge in [0.25, 0.3) is 0 Å². The highest BCUT2D eigenvalue weighted by molar-refractivity contribution is 7.12. The van der Waals surface area contributed by atoms with Gasteiger partial charge in [-0.3, -0.25) is 0 Å². The molecule has 3 fully saturated rings. The lowest BCUT2D eigenvalue weighted by Crippen LogP contribution is -2.65. The number of nitrogens with zero attached hydrogens (tertiary/aromatic N) is 2. The van der Waals surface area contributed by atoms with Crippen molar-refractivity contribution in [3.63, 3.8) is 0 Å². The van der Waals surface area contributed by atoms with Gasteiger partial charge in [-0.15, -0.1) is 22.7 Å². The third kappa shape index (κ3) is 6.45. The molecule has 2 aromatic heterocycles. The summed E-state index contributed by atoms with van der Waals surface area (Å²) in [6, 6.07) is 9.51. The van der Waals surface area contributed by atoms with Crippen molar-refractivity contribution in [1.82, 2.24) is 0 Å². The van der Waals surface area contributed by atoms with E-state index in [0.29, 0.717) is 22.1 Å². The smallest absolute Gasteiger partial charge is 0.430 e. The number of hydrogen-bond donors (Lipinski definition) is 1. The van der Waals surface area contributed by atoms with E-state index < -0.39 is 23.7 Å². The van der Waals surface area contributed by atoms with Gasteiger partial charge in [0.1, 0.15) is 12.5 Å². The van der Waals surface area contributed by atoms with Crippen LogP contribution in [0.15, 0.2) is 35.0 Å². The summed E-state index contributed by atoms with van der Waals surface area (Å²) in [7, 11) is 0. The number of hydrogen-bond acceptors (Lipinski definition) is 8. The maximum atomic E-state index is 13.3. The molecule has 2 aromatic rings. The quantitative estimate of drug-likeness (QED) is 0.311. The van der Waals surface area contributed by atoms with Crippen LogP contribution in [-0.4, -0.2) is 60.0 Å². The van der Waals surface area contributed by atoms with Crippen molar-refractivity contribution in [1.29, 1.82) is 5.26 Å². The summed E-state index contributed by atoms with van der Waals surface area (Å²) in [6.07, 6.45) is -0.643. The number of halogens is 3. The van der Waals surface area contributed by atoms with Crippen molar-refractivity contribution >= 4 is 34.6 Å². The van der Waals surface area contributed by atoms with E-state index in [1.54, 1.807) is 12.1 Å². The monoisotopic (exact) mass is 544 g/mol. The highest BCUT2D eigenvalue weighted by Crippen LogP contribution is 2.40. The lowest BCUT2D eigenvalue weighted by molar-refractivity contribution is -0.946. The molecule has 0 saturated carbocycles. The topological polar surface area (TPSA) is 110 Å². The number of thiophene rings is 2. The molecule has 1 atom stereocenters. The van der Waals surface area contributed by atoms with Gasteiger partial charge in [-0.2, -0.15) is 18.4 Å². The Labute approximate surface area is 214 Å². The van der Waals surface area contributed by atoms with E-state index in [2.05, 4.69) is 6.07 Å². The van der Waals surface area contributed by atoms with Gasteiger partial charge >= 0.3 is 12.1 Å². The summed E-state index contributed by atoms with van der Waals surface area (Å²) in [4.78, 5) is 23.3. The lowest BCUT2D eigenvalue weighted by atomic mass is 9.82. The number of rotatable bonds is 8. The van der Waals surface area contributed by atoms with Gasteiger partial charge in [0.15, 0.2) is 6.10 Å². The number of unbranched alkanes of at least 4 members (excludes halogenated alkanes) is 2. The number of carboxylic acid groups (broad SMARTS) is 1. The number of nitriles is 1. The first-order valence-corrected chi connectivity index (χ1v) is 13.3. The molecule has 5 heterocycles. The normalized spacial score (nSPS) is 23.3. The molecule has 0 unspecified atom stereocenters. The first-order valence-electron chi connectivity index (χ1n) is 11.5. The average Bonchev–Trinajstić information content (AvgIpc) is 3.57. The van der Waals surface area contributed by atoms with Gasteiger partial charge in [0.05, 0.1) is 35.5 Å². The van der Waals surface area contributed by atoms with Gasteiger partial charge in [0, 0.05) is 25.2 Å². The molecule has 7 nitrogen and oxygen atoms in total. The molecule has 0 spiro atoms. The predicted octanol–water partition coefficient (Wildman–Crippen LogP) is 3.19. The maximum Gasteiger partial charge on any atom is 0.430 e. The summed E-state index contributed by atoms with van der Waals surface area (Å²) in [5.74, 6) is -3.18. The number of esters is 1. The predicted molar refractivity (Wildman–Crippen MR) is 124 cm³/mol. The van der Waals surface area contributed by atoms with Crippen molar-refractivity contribution < 1.29 is 42.2 Å². The second-order valence-corrected chi connectivity index (χ2v) is 10.9. The Morgan fingerprint density at radius 1 is 1.14 bits per heavy atom. The van der Waals surface area contributed by atoms with Crippen molar-refractivity contribution in [2.75, 3.05) is 26.2 Å². The van der Waals surface area contributed by atoms with E-state index in [1.165, 1.54) is 22.7 Å². The van der Waals surface area contributed by atoms with Crippen LogP contribution in [0.2, 0.25) is 0 Å². The number of piperidine rings is 3. The fourth-order valence-electron chi connectivity index (χ4n) is 4.83. The van der Waals surface area contributed by atoms with Crippen LogP contribution in [0, 0.1) is 17.2 Å². The summed E-state index contributed by atoms with van der Waals surface area (Å²) in [6.45, 7) is 4.13. The molecule has 0 radical (unpaired) electrons. The summed E-state index contributed by atoms with van der Waals surface area (Å²) >= 11 is 2.75. The molecule has 12 heteroatoms. The van der Waals surface area contributed by atoms with Crippen LogP contribution in [0.1, 0.15) is 41.9 Å². The number of carboxylic acids is 1. The molecule has 3 aliphatic rings. The number of quaternary nitrogens is 1. The highest BCUT2D eigenvalue weighted by atomic mass is 32.1. The minimum absolute atomic E-state index is 0.146. The van der Waals surface area contributed by atoms with Gasteiger partial charge in [-0.1, -0.05) is 12.1 Å². The molecule has 0 aromatic carbocycles. The van der Waals surface area contributed by atoms with Crippen molar-refractivity contribution in [2.45, 2.75) is 50.0 Å². The third-order valence-electron chi connectivity index (χ3n) is 6.75. The molecule has 0 aliphatic carbocycles. The summed E-state index contributed by atoms with van der Waals surface area (Å²) in [5, 5.41) is 32.8. The Morgan fingerprint density at radius 3 is 2.14 bits per heavy atom. The molecular weight excluding hydrogens is 517 g/mol. The largest absolute Gasteiger partial charge is 0.542 e. The molecule has 5 rings (SSSR count). The van der Waals surface area contributed by atoms with Crippen molar-refractivity contribution in [2.24, 2.45) is 5.92 Å².